The molecule has 0 radical (unpaired) electrons. The van der Waals surface area contributed by atoms with Crippen LogP contribution in [0.3, 0.4) is 0 Å². The van der Waals surface area contributed by atoms with Crippen LogP contribution < -0.4 is 5.32 Å². The normalized spacial score (nSPS) is 12.4. The summed E-state index contributed by atoms with van der Waals surface area (Å²) in [4.78, 5) is 0. The van der Waals surface area contributed by atoms with Crippen LogP contribution >= 0.6 is 15.9 Å². The van der Waals surface area contributed by atoms with Crippen molar-refractivity contribution in [2.75, 3.05) is 6.54 Å². The Morgan fingerprint density at radius 3 is 2.67 bits per heavy atom. The molecule has 0 amide bonds. The lowest BCUT2D eigenvalue weighted by atomic mass is 9.97. The van der Waals surface area contributed by atoms with Gasteiger partial charge >= 0.3 is 0 Å². The van der Waals surface area contributed by atoms with Gasteiger partial charge in [-0.15, -0.1) is 0 Å². The van der Waals surface area contributed by atoms with E-state index in [0.29, 0.717) is 6.04 Å². The minimum absolute atomic E-state index is 0.368. The molecule has 0 aromatic heterocycles. The van der Waals surface area contributed by atoms with E-state index in [1.165, 1.54) is 21.2 Å². The maximum absolute atomic E-state index is 4.14. The summed E-state index contributed by atoms with van der Waals surface area (Å²) in [5.41, 5.74) is 3.92. The van der Waals surface area contributed by atoms with Gasteiger partial charge in [0.15, 0.2) is 0 Å². The molecule has 0 aliphatic rings. The van der Waals surface area contributed by atoms with Gasteiger partial charge in [0, 0.05) is 10.5 Å². The van der Waals surface area contributed by atoms with Crippen LogP contribution in [0.2, 0.25) is 0 Å². The van der Waals surface area contributed by atoms with E-state index >= 15 is 0 Å². The highest BCUT2D eigenvalue weighted by molar-refractivity contribution is 9.10. The number of halogens is 1. The van der Waals surface area contributed by atoms with Crippen molar-refractivity contribution < 1.29 is 0 Å². The smallest absolute Gasteiger partial charge is 0.0368 e. The van der Waals surface area contributed by atoms with Crippen molar-refractivity contribution in [2.24, 2.45) is 0 Å². The van der Waals surface area contributed by atoms with Crippen molar-refractivity contribution in [1.29, 1.82) is 0 Å². The third-order valence-electron chi connectivity index (χ3n) is 3.16. The van der Waals surface area contributed by atoms with Crippen LogP contribution in [0.1, 0.15) is 50.3 Å². The van der Waals surface area contributed by atoms with Crippen molar-refractivity contribution in [3.8, 4) is 0 Å². The van der Waals surface area contributed by atoms with E-state index in [-0.39, 0.29) is 0 Å². The van der Waals surface area contributed by atoms with Crippen LogP contribution in [-0.4, -0.2) is 6.54 Å². The topological polar surface area (TPSA) is 12.0 Å². The summed E-state index contributed by atoms with van der Waals surface area (Å²) in [5, 5.41) is 3.62. The Hall–Kier alpha value is -0.600. The molecule has 0 saturated heterocycles. The molecule has 1 nitrogen and oxygen atoms in total. The minimum Gasteiger partial charge on any atom is -0.310 e. The third-order valence-corrected chi connectivity index (χ3v) is 3.85. The molecule has 0 spiro atoms. The second-order valence-electron chi connectivity index (χ2n) is 4.84. The molecule has 18 heavy (non-hydrogen) atoms. The Bertz CT molecular complexity index is 398. The van der Waals surface area contributed by atoms with E-state index < -0.39 is 0 Å². The average molecular weight is 310 g/mol. The summed E-state index contributed by atoms with van der Waals surface area (Å²) in [5.74, 6) is 0. The molecule has 1 atom stereocenters. The third kappa shape index (κ3) is 4.58. The molecule has 0 heterocycles. The lowest BCUT2D eigenvalue weighted by Gasteiger charge is -2.21. The Morgan fingerprint density at radius 1 is 1.39 bits per heavy atom. The van der Waals surface area contributed by atoms with Gasteiger partial charge in [-0.3, -0.25) is 0 Å². The van der Waals surface area contributed by atoms with Gasteiger partial charge in [-0.1, -0.05) is 54.1 Å². The first kappa shape index (κ1) is 15.5. The molecule has 0 bridgehead atoms. The quantitative estimate of drug-likeness (QED) is 0.686. The fourth-order valence-electron chi connectivity index (χ4n) is 1.96. The van der Waals surface area contributed by atoms with Crippen molar-refractivity contribution in [1.82, 2.24) is 5.32 Å². The first-order valence-corrected chi connectivity index (χ1v) is 7.53. The van der Waals surface area contributed by atoms with Crippen molar-refractivity contribution in [2.45, 2.75) is 46.1 Å². The van der Waals surface area contributed by atoms with Gasteiger partial charge in [0.05, 0.1) is 0 Å². The zero-order valence-electron chi connectivity index (χ0n) is 11.7. The number of aryl methyl sites for hydroxylation is 1. The highest BCUT2D eigenvalue weighted by Gasteiger charge is 2.14. The second kappa shape index (κ2) is 7.75. The van der Waals surface area contributed by atoms with Gasteiger partial charge < -0.3 is 5.32 Å². The molecule has 2 heteroatoms. The number of nitrogens with one attached hydrogen (secondary N) is 1. The standard InChI is InChI=1S/C16H24BrN/c1-5-9-18-16(11-12(3)6-2)14-8-7-13(4)10-15(14)17/h7-8,10,16,18H,3,5-6,9,11H2,1-2,4H3. The predicted octanol–water partition coefficient (Wildman–Crippen LogP) is 5.15. The zero-order chi connectivity index (χ0) is 13.5. The van der Waals surface area contributed by atoms with E-state index in [2.05, 4.69) is 66.8 Å². The largest absolute Gasteiger partial charge is 0.310 e. The van der Waals surface area contributed by atoms with Gasteiger partial charge in [0.25, 0.3) is 0 Å². The van der Waals surface area contributed by atoms with Crippen molar-refractivity contribution >= 4 is 15.9 Å². The van der Waals surface area contributed by atoms with E-state index in [0.717, 1.165) is 25.8 Å². The van der Waals surface area contributed by atoms with Crippen molar-refractivity contribution in [3.05, 3.63) is 46.0 Å². The molecule has 0 aliphatic heterocycles. The zero-order valence-corrected chi connectivity index (χ0v) is 13.3. The molecule has 1 N–H and O–H groups in total. The first-order chi connectivity index (χ1) is 8.58. The average Bonchev–Trinajstić information content (AvgIpc) is 2.34. The van der Waals surface area contributed by atoms with Crippen LogP contribution in [0.4, 0.5) is 0 Å². The lowest BCUT2D eigenvalue weighted by molar-refractivity contribution is 0.522. The van der Waals surface area contributed by atoms with E-state index in [9.17, 15) is 0 Å². The SMILES string of the molecule is C=C(CC)CC(NCCC)c1ccc(C)cc1Br. The molecule has 1 aromatic rings. The van der Waals surface area contributed by atoms with Crippen LogP contribution in [0, 0.1) is 6.92 Å². The Balaban J connectivity index is 2.89. The summed E-state index contributed by atoms with van der Waals surface area (Å²) >= 11 is 3.68. The van der Waals surface area contributed by atoms with Crippen LogP contribution in [-0.2, 0) is 0 Å². The summed E-state index contributed by atoms with van der Waals surface area (Å²) in [6.07, 6.45) is 3.21. The van der Waals surface area contributed by atoms with Crippen LogP contribution in [0.5, 0.6) is 0 Å². The summed E-state index contributed by atoms with van der Waals surface area (Å²) in [6.45, 7) is 11.7. The highest BCUT2D eigenvalue weighted by Crippen LogP contribution is 2.29. The summed E-state index contributed by atoms with van der Waals surface area (Å²) < 4.78 is 1.19. The minimum atomic E-state index is 0.368. The Kier molecular flexibility index (Phi) is 6.66. The Morgan fingerprint density at radius 2 is 2.11 bits per heavy atom. The van der Waals surface area contributed by atoms with Gasteiger partial charge in [-0.05, 0) is 49.9 Å². The molecular weight excluding hydrogens is 286 g/mol. The fraction of sp³-hybridized carbons (Fsp3) is 0.500. The summed E-state index contributed by atoms with van der Waals surface area (Å²) in [7, 11) is 0. The van der Waals surface area contributed by atoms with Crippen molar-refractivity contribution in [3.63, 3.8) is 0 Å². The van der Waals surface area contributed by atoms with Gasteiger partial charge in [0.2, 0.25) is 0 Å². The van der Waals surface area contributed by atoms with E-state index in [1.54, 1.807) is 0 Å². The molecule has 0 fully saturated rings. The molecule has 0 aliphatic carbocycles. The van der Waals surface area contributed by atoms with Gasteiger partial charge in [-0.2, -0.15) is 0 Å². The molecule has 1 aromatic carbocycles. The summed E-state index contributed by atoms with van der Waals surface area (Å²) in [6, 6.07) is 6.95. The lowest BCUT2D eigenvalue weighted by Crippen LogP contribution is -2.23. The molecule has 0 saturated carbocycles. The molecular formula is C16H24BrN. The monoisotopic (exact) mass is 309 g/mol. The predicted molar refractivity (Wildman–Crippen MR) is 84.0 cm³/mol. The maximum atomic E-state index is 4.14. The van der Waals surface area contributed by atoms with Crippen LogP contribution in [0.25, 0.3) is 0 Å². The maximum Gasteiger partial charge on any atom is 0.0368 e. The number of hydrogen-bond donors (Lipinski definition) is 1. The highest BCUT2D eigenvalue weighted by atomic mass is 79.9. The van der Waals surface area contributed by atoms with E-state index in [1.807, 2.05) is 0 Å². The number of rotatable bonds is 7. The Labute approximate surface area is 120 Å². The second-order valence-corrected chi connectivity index (χ2v) is 5.69. The first-order valence-electron chi connectivity index (χ1n) is 6.74. The van der Waals surface area contributed by atoms with Crippen LogP contribution in [0.15, 0.2) is 34.8 Å². The number of hydrogen-bond acceptors (Lipinski definition) is 1. The molecule has 1 rings (SSSR count). The molecule has 100 valence electrons. The molecule has 1 unspecified atom stereocenters. The van der Waals surface area contributed by atoms with Gasteiger partial charge in [-0.25, -0.2) is 0 Å². The number of benzene rings is 1. The van der Waals surface area contributed by atoms with Gasteiger partial charge in [0.1, 0.15) is 0 Å². The fourth-order valence-corrected chi connectivity index (χ4v) is 2.73. The van der Waals surface area contributed by atoms with E-state index in [4.69, 9.17) is 0 Å².